The summed E-state index contributed by atoms with van der Waals surface area (Å²) in [7, 11) is 0. The molecular formula is C8H6N2O. The van der Waals surface area contributed by atoms with Gasteiger partial charge in [-0.05, 0) is 12.1 Å². The predicted molar refractivity (Wildman–Crippen MR) is 41.2 cm³/mol. The molecule has 0 spiro atoms. The van der Waals surface area contributed by atoms with Crippen molar-refractivity contribution in [2.24, 2.45) is 0 Å². The van der Waals surface area contributed by atoms with Crippen LogP contribution in [-0.4, -0.2) is 15.3 Å². The molecule has 0 saturated carbocycles. The van der Waals surface area contributed by atoms with Gasteiger partial charge in [-0.3, -0.25) is 0 Å². The molecule has 2 rings (SSSR count). The van der Waals surface area contributed by atoms with Gasteiger partial charge >= 0.3 is 0 Å². The molecule has 1 heterocycles. The normalized spacial score (nSPS) is 10.2. The van der Waals surface area contributed by atoms with E-state index in [1.165, 1.54) is 0 Å². The number of fused-ring (bicyclic) bond motifs is 1. The van der Waals surface area contributed by atoms with Gasteiger partial charge in [0.05, 0.1) is 6.20 Å². The van der Waals surface area contributed by atoms with Crippen molar-refractivity contribution in [3.8, 4) is 5.75 Å². The lowest BCUT2D eigenvalue weighted by Crippen LogP contribution is -1.81. The second-order valence-corrected chi connectivity index (χ2v) is 2.25. The van der Waals surface area contributed by atoms with Crippen LogP contribution < -0.4 is 0 Å². The minimum Gasteiger partial charge on any atom is -0.506 e. The molecule has 0 saturated heterocycles. The standard InChI is InChI=1S/C8H6N2O/c11-7-3-1-2-6-4-5-9-10-8(6)7/h1-5,11H. The lowest BCUT2D eigenvalue weighted by molar-refractivity contribution is 0.480. The van der Waals surface area contributed by atoms with Crippen molar-refractivity contribution < 1.29 is 5.11 Å². The van der Waals surface area contributed by atoms with E-state index >= 15 is 0 Å². The Hall–Kier alpha value is -1.64. The van der Waals surface area contributed by atoms with E-state index in [0.717, 1.165) is 5.39 Å². The Kier molecular flexibility index (Phi) is 1.22. The highest BCUT2D eigenvalue weighted by Crippen LogP contribution is 2.19. The van der Waals surface area contributed by atoms with Gasteiger partial charge < -0.3 is 5.11 Å². The highest BCUT2D eigenvalue weighted by Gasteiger charge is 1.97. The maximum atomic E-state index is 9.27. The van der Waals surface area contributed by atoms with Crippen molar-refractivity contribution in [1.29, 1.82) is 0 Å². The molecule has 11 heavy (non-hydrogen) atoms. The maximum Gasteiger partial charge on any atom is 0.143 e. The first-order valence-electron chi connectivity index (χ1n) is 3.27. The third-order valence-corrected chi connectivity index (χ3v) is 1.52. The van der Waals surface area contributed by atoms with Crippen molar-refractivity contribution in [2.45, 2.75) is 0 Å². The van der Waals surface area contributed by atoms with Crippen molar-refractivity contribution >= 4 is 10.9 Å². The van der Waals surface area contributed by atoms with Crippen LogP contribution in [0.3, 0.4) is 0 Å². The molecule has 0 bridgehead atoms. The van der Waals surface area contributed by atoms with Crippen LogP contribution >= 0.6 is 0 Å². The van der Waals surface area contributed by atoms with Gasteiger partial charge in [0.2, 0.25) is 0 Å². The second-order valence-electron chi connectivity index (χ2n) is 2.25. The molecule has 0 radical (unpaired) electrons. The molecule has 1 N–H and O–H groups in total. The first-order valence-corrected chi connectivity index (χ1v) is 3.27. The van der Waals surface area contributed by atoms with Crippen LogP contribution in [0.4, 0.5) is 0 Å². The molecule has 0 fully saturated rings. The largest absolute Gasteiger partial charge is 0.506 e. The van der Waals surface area contributed by atoms with Crippen LogP contribution in [0.15, 0.2) is 30.5 Å². The van der Waals surface area contributed by atoms with E-state index < -0.39 is 0 Å². The van der Waals surface area contributed by atoms with Crippen LogP contribution in [0.25, 0.3) is 10.9 Å². The van der Waals surface area contributed by atoms with Gasteiger partial charge in [-0.25, -0.2) is 0 Å². The summed E-state index contributed by atoms with van der Waals surface area (Å²) in [5, 5.41) is 17.6. The summed E-state index contributed by atoms with van der Waals surface area (Å²) < 4.78 is 0. The van der Waals surface area contributed by atoms with Crippen LogP contribution in [0.2, 0.25) is 0 Å². The zero-order chi connectivity index (χ0) is 7.68. The van der Waals surface area contributed by atoms with E-state index in [4.69, 9.17) is 0 Å². The summed E-state index contributed by atoms with van der Waals surface area (Å²) in [6.45, 7) is 0. The van der Waals surface area contributed by atoms with Crippen LogP contribution in [0.5, 0.6) is 5.75 Å². The average molecular weight is 146 g/mol. The fourth-order valence-electron chi connectivity index (χ4n) is 0.997. The van der Waals surface area contributed by atoms with E-state index in [1.54, 1.807) is 18.3 Å². The Morgan fingerprint density at radius 2 is 2.09 bits per heavy atom. The summed E-state index contributed by atoms with van der Waals surface area (Å²) in [6, 6.07) is 7.06. The third kappa shape index (κ3) is 0.902. The summed E-state index contributed by atoms with van der Waals surface area (Å²) in [6.07, 6.45) is 1.60. The van der Waals surface area contributed by atoms with Gasteiger partial charge in [0, 0.05) is 5.39 Å². The lowest BCUT2D eigenvalue weighted by Gasteiger charge is -1.95. The number of phenolic OH excluding ortho intramolecular Hbond substituents is 1. The number of nitrogens with zero attached hydrogens (tertiary/aromatic N) is 2. The second kappa shape index (κ2) is 2.20. The zero-order valence-electron chi connectivity index (χ0n) is 5.73. The molecule has 3 heteroatoms. The summed E-state index contributed by atoms with van der Waals surface area (Å²) in [4.78, 5) is 0. The van der Waals surface area contributed by atoms with Crippen LogP contribution in [0, 0.1) is 0 Å². The van der Waals surface area contributed by atoms with Gasteiger partial charge in [-0.1, -0.05) is 12.1 Å². The molecule has 0 atom stereocenters. The SMILES string of the molecule is Oc1cccc2ccnnc12. The van der Waals surface area contributed by atoms with Crippen molar-refractivity contribution in [3.05, 3.63) is 30.5 Å². The fraction of sp³-hybridized carbons (Fsp3) is 0. The summed E-state index contributed by atoms with van der Waals surface area (Å²) >= 11 is 0. The van der Waals surface area contributed by atoms with Crippen LogP contribution in [0.1, 0.15) is 0 Å². The zero-order valence-corrected chi connectivity index (χ0v) is 5.73. The molecular weight excluding hydrogens is 140 g/mol. The van der Waals surface area contributed by atoms with Gasteiger partial charge in [-0.2, -0.15) is 5.10 Å². The summed E-state index contributed by atoms with van der Waals surface area (Å²) in [5.41, 5.74) is 0.551. The van der Waals surface area contributed by atoms with Crippen LogP contribution in [-0.2, 0) is 0 Å². The number of aromatic hydroxyl groups is 1. The van der Waals surface area contributed by atoms with Crippen molar-refractivity contribution in [3.63, 3.8) is 0 Å². The van der Waals surface area contributed by atoms with E-state index in [9.17, 15) is 5.11 Å². The first-order chi connectivity index (χ1) is 5.38. The molecule has 0 unspecified atom stereocenters. The molecule has 0 amide bonds. The number of benzene rings is 1. The molecule has 1 aromatic carbocycles. The highest BCUT2D eigenvalue weighted by molar-refractivity contribution is 5.83. The fourth-order valence-corrected chi connectivity index (χ4v) is 0.997. The quantitative estimate of drug-likeness (QED) is 0.610. The number of rotatable bonds is 0. The number of hydrogen-bond acceptors (Lipinski definition) is 3. The number of aromatic nitrogens is 2. The molecule has 0 aliphatic carbocycles. The molecule has 2 aromatic rings. The summed E-state index contributed by atoms with van der Waals surface area (Å²) in [5.74, 6) is 0.176. The molecule has 54 valence electrons. The van der Waals surface area contributed by atoms with Gasteiger partial charge in [0.15, 0.2) is 0 Å². The smallest absolute Gasteiger partial charge is 0.143 e. The van der Waals surface area contributed by atoms with E-state index in [0.29, 0.717) is 5.52 Å². The maximum absolute atomic E-state index is 9.27. The molecule has 0 aliphatic rings. The van der Waals surface area contributed by atoms with Crippen molar-refractivity contribution in [1.82, 2.24) is 10.2 Å². The topological polar surface area (TPSA) is 46.0 Å². The Morgan fingerprint density at radius 1 is 1.18 bits per heavy atom. The van der Waals surface area contributed by atoms with E-state index in [1.807, 2.05) is 12.1 Å². The van der Waals surface area contributed by atoms with Gasteiger partial charge in [-0.15, -0.1) is 5.10 Å². The Morgan fingerprint density at radius 3 is 2.91 bits per heavy atom. The Bertz CT molecular complexity index is 381. The van der Waals surface area contributed by atoms with Gasteiger partial charge in [0.25, 0.3) is 0 Å². The minimum atomic E-state index is 0.176. The Labute approximate surface area is 63.3 Å². The van der Waals surface area contributed by atoms with Crippen molar-refractivity contribution in [2.75, 3.05) is 0 Å². The predicted octanol–water partition coefficient (Wildman–Crippen LogP) is 1.34. The monoisotopic (exact) mass is 146 g/mol. The number of hydrogen-bond donors (Lipinski definition) is 1. The molecule has 1 aromatic heterocycles. The highest BCUT2D eigenvalue weighted by atomic mass is 16.3. The number of phenols is 1. The van der Waals surface area contributed by atoms with E-state index in [-0.39, 0.29) is 5.75 Å². The molecule has 3 nitrogen and oxygen atoms in total. The Balaban J connectivity index is 2.91. The molecule has 0 aliphatic heterocycles. The first kappa shape index (κ1) is 6.09. The minimum absolute atomic E-state index is 0.176. The van der Waals surface area contributed by atoms with E-state index in [2.05, 4.69) is 10.2 Å². The lowest BCUT2D eigenvalue weighted by atomic mass is 10.2. The van der Waals surface area contributed by atoms with Gasteiger partial charge in [0.1, 0.15) is 11.3 Å². The third-order valence-electron chi connectivity index (χ3n) is 1.52. The average Bonchev–Trinajstić information content (AvgIpc) is 2.06.